The van der Waals surface area contributed by atoms with Crippen LogP contribution in [0.25, 0.3) is 0 Å². The summed E-state index contributed by atoms with van der Waals surface area (Å²) in [4.78, 5) is 32.0. The maximum absolute atomic E-state index is 17.4. The maximum Gasteiger partial charge on any atom is 0.182 e. The first-order valence-electron chi connectivity index (χ1n) is 12.5. The van der Waals surface area contributed by atoms with E-state index in [0.717, 1.165) is 0 Å². The number of aliphatic hydroxyl groups excluding tert-OH is 1. The number of aliphatic hydroxyl groups is 1. The highest BCUT2D eigenvalue weighted by molar-refractivity contribution is 6.29. The average Bonchev–Trinajstić information content (AvgIpc) is 3.53. The van der Waals surface area contributed by atoms with Crippen molar-refractivity contribution in [3.63, 3.8) is 0 Å². The Morgan fingerprint density at radius 3 is 2.78 bits per heavy atom. The van der Waals surface area contributed by atoms with Crippen LogP contribution in [0.1, 0.15) is 38.9 Å². The molecule has 194 valence electrons. The first-order valence-corrected chi connectivity index (χ1v) is 13.1. The molecule has 1 saturated heterocycles. The van der Waals surface area contributed by atoms with Crippen LogP contribution in [-0.2, 0) is 21.0 Å². The molecule has 4 fully saturated rings. The SMILES string of the molecule is C[C@]12C=CC(=O)C=C1[C@@H](F)C[C@H]1[C@@H]3C[C@H]4CN(Cc5ccco5)O[C@@]4(C(=O)CCl)[C@@]3(C)C[C@H](O)[C@@]12F. The van der Waals surface area contributed by atoms with Crippen molar-refractivity contribution in [1.29, 1.82) is 0 Å². The van der Waals surface area contributed by atoms with E-state index in [1.165, 1.54) is 18.2 Å². The summed E-state index contributed by atoms with van der Waals surface area (Å²) in [5, 5.41) is 13.2. The molecule has 9 atom stereocenters. The van der Waals surface area contributed by atoms with Crippen LogP contribution in [0.3, 0.4) is 0 Å². The predicted octanol–water partition coefficient (Wildman–Crippen LogP) is 4.12. The number of alkyl halides is 3. The number of ketones is 2. The van der Waals surface area contributed by atoms with Gasteiger partial charge in [0.05, 0.1) is 24.8 Å². The highest BCUT2D eigenvalue weighted by Crippen LogP contribution is 2.72. The van der Waals surface area contributed by atoms with E-state index in [4.69, 9.17) is 20.9 Å². The molecule has 0 unspecified atom stereocenters. The lowest BCUT2D eigenvalue weighted by Crippen LogP contribution is -2.70. The monoisotopic (exact) mass is 521 g/mol. The van der Waals surface area contributed by atoms with Gasteiger partial charge in [-0.25, -0.2) is 8.78 Å². The Kier molecular flexibility index (Phi) is 5.31. The molecule has 6 rings (SSSR count). The van der Waals surface area contributed by atoms with Crippen molar-refractivity contribution in [1.82, 2.24) is 5.06 Å². The third-order valence-electron chi connectivity index (χ3n) is 10.1. The van der Waals surface area contributed by atoms with Gasteiger partial charge in [0.15, 0.2) is 22.8 Å². The molecule has 2 heterocycles. The summed E-state index contributed by atoms with van der Waals surface area (Å²) >= 11 is 6.12. The molecule has 1 aromatic rings. The molecule has 1 N–H and O–H groups in total. The van der Waals surface area contributed by atoms with Crippen LogP contribution in [0.15, 0.2) is 46.6 Å². The zero-order valence-electron chi connectivity index (χ0n) is 20.3. The topological polar surface area (TPSA) is 80.0 Å². The van der Waals surface area contributed by atoms with E-state index < -0.39 is 46.2 Å². The van der Waals surface area contributed by atoms with Gasteiger partial charge in [-0.3, -0.25) is 14.4 Å². The van der Waals surface area contributed by atoms with Gasteiger partial charge in [0, 0.05) is 29.2 Å². The van der Waals surface area contributed by atoms with Gasteiger partial charge < -0.3 is 9.52 Å². The quantitative estimate of drug-likeness (QED) is 0.600. The van der Waals surface area contributed by atoms with Crippen molar-refractivity contribution in [2.75, 3.05) is 12.4 Å². The molecule has 9 heteroatoms. The second-order valence-electron chi connectivity index (χ2n) is 11.6. The standard InChI is InChI=1S/C27H30ClF2NO5/c1-24-6-5-16(32)9-20(24)21(29)10-19-18-8-15-13-31(14-17-4-3-7-35-17)36-27(15,23(34)12-28)25(18,2)11-22(33)26(19,24)30/h3-7,9,15,18-19,21-22,33H,8,10-14H2,1-2H3/t15-,18-,19-,21-,22-,24-,25-,26-,27-/m0/s1. The molecular formula is C27H30ClF2NO5. The zero-order chi connectivity index (χ0) is 25.7. The number of hydrogen-bond acceptors (Lipinski definition) is 6. The molecule has 0 radical (unpaired) electrons. The number of hydrogen-bond donors (Lipinski definition) is 1. The fourth-order valence-electron chi connectivity index (χ4n) is 8.59. The summed E-state index contributed by atoms with van der Waals surface area (Å²) in [5.74, 6) is -1.87. The summed E-state index contributed by atoms with van der Waals surface area (Å²) in [6, 6.07) is 3.59. The molecule has 0 bridgehead atoms. The Balaban J connectivity index is 1.42. The summed E-state index contributed by atoms with van der Waals surface area (Å²) in [6.45, 7) is 4.18. The zero-order valence-corrected chi connectivity index (χ0v) is 21.0. The third-order valence-corrected chi connectivity index (χ3v) is 10.4. The van der Waals surface area contributed by atoms with Crippen molar-refractivity contribution in [3.05, 3.63) is 48.0 Å². The molecular weight excluding hydrogens is 492 g/mol. The molecule has 0 amide bonds. The first-order chi connectivity index (χ1) is 17.0. The molecule has 3 saturated carbocycles. The molecule has 4 aliphatic carbocycles. The van der Waals surface area contributed by atoms with Gasteiger partial charge in [0.2, 0.25) is 0 Å². The van der Waals surface area contributed by atoms with Gasteiger partial charge in [0.1, 0.15) is 11.9 Å². The number of furan rings is 1. The fraction of sp³-hybridized carbons (Fsp3) is 0.630. The summed E-state index contributed by atoms with van der Waals surface area (Å²) in [6.07, 6.45) is 2.65. The summed E-state index contributed by atoms with van der Waals surface area (Å²) < 4.78 is 38.4. The molecule has 36 heavy (non-hydrogen) atoms. The van der Waals surface area contributed by atoms with Crippen LogP contribution in [0, 0.1) is 28.6 Å². The van der Waals surface area contributed by atoms with E-state index in [2.05, 4.69) is 0 Å². The number of Topliss-reactive ketones (excluding diaryl/α,β-unsaturated/α-hetero) is 1. The number of fused-ring (bicyclic) bond motifs is 7. The van der Waals surface area contributed by atoms with Gasteiger partial charge in [-0.05, 0) is 62.0 Å². The van der Waals surface area contributed by atoms with Crippen LogP contribution in [0.5, 0.6) is 0 Å². The predicted molar refractivity (Wildman–Crippen MR) is 126 cm³/mol. The summed E-state index contributed by atoms with van der Waals surface area (Å²) in [5.41, 5.74) is -5.89. The second kappa shape index (κ2) is 7.82. The Hall–Kier alpha value is -1.87. The minimum Gasteiger partial charge on any atom is -0.468 e. The number of hydroxylamine groups is 2. The van der Waals surface area contributed by atoms with Crippen molar-refractivity contribution in [2.45, 2.75) is 63.2 Å². The number of carbonyl (C=O) groups excluding carboxylic acids is 2. The first kappa shape index (κ1) is 24.5. The van der Waals surface area contributed by atoms with E-state index in [0.29, 0.717) is 25.3 Å². The Labute approximate surface area is 213 Å². The highest BCUT2D eigenvalue weighted by Gasteiger charge is 2.79. The lowest BCUT2D eigenvalue weighted by Gasteiger charge is -2.63. The average molecular weight is 522 g/mol. The number of carbonyl (C=O) groups is 2. The van der Waals surface area contributed by atoms with Crippen LogP contribution < -0.4 is 0 Å². The van der Waals surface area contributed by atoms with Gasteiger partial charge >= 0.3 is 0 Å². The van der Waals surface area contributed by atoms with Gasteiger partial charge in [0.25, 0.3) is 0 Å². The van der Waals surface area contributed by atoms with Gasteiger partial charge in [-0.15, -0.1) is 11.6 Å². The summed E-state index contributed by atoms with van der Waals surface area (Å²) in [7, 11) is 0. The molecule has 5 aliphatic rings. The van der Waals surface area contributed by atoms with Crippen molar-refractivity contribution >= 4 is 23.2 Å². The number of nitrogens with zero attached hydrogens (tertiary/aromatic N) is 1. The molecule has 0 spiro atoms. The van der Waals surface area contributed by atoms with E-state index in [1.54, 1.807) is 24.3 Å². The van der Waals surface area contributed by atoms with E-state index in [1.807, 2.05) is 13.0 Å². The number of allylic oxidation sites excluding steroid dienone is 4. The van der Waals surface area contributed by atoms with Crippen molar-refractivity contribution < 1.29 is 32.7 Å². The maximum atomic E-state index is 17.4. The van der Waals surface area contributed by atoms with Crippen LogP contribution in [-0.4, -0.2) is 57.7 Å². The van der Waals surface area contributed by atoms with Crippen LogP contribution in [0.4, 0.5) is 8.78 Å². The van der Waals surface area contributed by atoms with Crippen molar-refractivity contribution in [2.24, 2.45) is 28.6 Å². The Bertz CT molecular complexity index is 1170. The lowest BCUT2D eigenvalue weighted by atomic mass is 9.44. The van der Waals surface area contributed by atoms with Crippen molar-refractivity contribution in [3.8, 4) is 0 Å². The normalized spacial score (nSPS) is 47.7. The van der Waals surface area contributed by atoms with E-state index in [9.17, 15) is 14.7 Å². The van der Waals surface area contributed by atoms with E-state index >= 15 is 8.78 Å². The fourth-order valence-corrected chi connectivity index (χ4v) is 8.79. The highest BCUT2D eigenvalue weighted by atomic mass is 35.5. The number of halogens is 3. The second-order valence-corrected chi connectivity index (χ2v) is 11.8. The smallest absolute Gasteiger partial charge is 0.182 e. The lowest BCUT2D eigenvalue weighted by molar-refractivity contribution is -0.269. The molecule has 1 aliphatic heterocycles. The molecule has 1 aromatic heterocycles. The van der Waals surface area contributed by atoms with Crippen LogP contribution >= 0.6 is 11.6 Å². The van der Waals surface area contributed by atoms with Gasteiger partial charge in [-0.1, -0.05) is 13.0 Å². The van der Waals surface area contributed by atoms with Crippen LogP contribution in [0.2, 0.25) is 0 Å². The third kappa shape index (κ3) is 2.82. The molecule has 0 aromatic carbocycles. The Morgan fingerprint density at radius 2 is 2.08 bits per heavy atom. The Morgan fingerprint density at radius 1 is 1.31 bits per heavy atom. The minimum atomic E-state index is -2.19. The number of rotatable bonds is 4. The molecule has 6 nitrogen and oxygen atoms in total. The largest absolute Gasteiger partial charge is 0.468 e. The van der Waals surface area contributed by atoms with E-state index in [-0.39, 0.29) is 41.8 Å². The minimum absolute atomic E-state index is 0.0417. The van der Waals surface area contributed by atoms with Gasteiger partial charge in [-0.2, -0.15) is 5.06 Å².